The lowest BCUT2D eigenvalue weighted by atomic mass is 9.98. The number of esters is 1. The van der Waals surface area contributed by atoms with Crippen molar-refractivity contribution in [3.05, 3.63) is 24.3 Å². The van der Waals surface area contributed by atoms with Crippen molar-refractivity contribution in [3.63, 3.8) is 0 Å². The molecule has 2 aliphatic carbocycles. The normalized spacial score (nSPS) is 28.4. The Balaban J connectivity index is 1.26. The van der Waals surface area contributed by atoms with Gasteiger partial charge in [0.25, 0.3) is 0 Å². The van der Waals surface area contributed by atoms with Crippen molar-refractivity contribution in [2.75, 3.05) is 18.1 Å². The molecule has 1 amide bonds. The highest BCUT2D eigenvalue weighted by Gasteiger charge is 2.41. The Morgan fingerprint density at radius 3 is 2.62 bits per heavy atom. The van der Waals surface area contributed by atoms with Crippen molar-refractivity contribution in [2.24, 2.45) is 11.8 Å². The summed E-state index contributed by atoms with van der Waals surface area (Å²) in [6.45, 7) is 0.713. The van der Waals surface area contributed by atoms with Crippen LogP contribution < -0.4 is 9.64 Å². The Morgan fingerprint density at radius 1 is 1.17 bits per heavy atom. The zero-order valence-corrected chi connectivity index (χ0v) is 13.8. The molecule has 1 aromatic carbocycles. The molecule has 0 N–H and O–H groups in total. The van der Waals surface area contributed by atoms with E-state index >= 15 is 0 Å². The number of ether oxygens (including phenoxy) is 2. The van der Waals surface area contributed by atoms with Crippen LogP contribution in [0.15, 0.2) is 24.3 Å². The number of nitrogens with zero attached hydrogens (tertiary/aromatic N) is 1. The number of hydrogen-bond acceptors (Lipinski definition) is 4. The summed E-state index contributed by atoms with van der Waals surface area (Å²) in [6, 6.07) is 7.32. The van der Waals surface area contributed by atoms with E-state index in [0.29, 0.717) is 18.1 Å². The summed E-state index contributed by atoms with van der Waals surface area (Å²) in [5.74, 6) is 1.82. The number of carbonyl (C=O) groups is 2. The summed E-state index contributed by atoms with van der Waals surface area (Å²) in [4.78, 5) is 25.5. The van der Waals surface area contributed by atoms with E-state index in [1.807, 2.05) is 12.1 Å². The van der Waals surface area contributed by atoms with Gasteiger partial charge in [-0.2, -0.15) is 0 Å². The number of anilines is 1. The number of amides is 1. The topological polar surface area (TPSA) is 55.8 Å². The van der Waals surface area contributed by atoms with Crippen LogP contribution in [0.2, 0.25) is 0 Å². The number of rotatable bonds is 5. The van der Waals surface area contributed by atoms with Gasteiger partial charge in [-0.15, -0.1) is 0 Å². The predicted octanol–water partition coefficient (Wildman–Crippen LogP) is 2.92. The van der Waals surface area contributed by atoms with E-state index in [9.17, 15) is 9.59 Å². The van der Waals surface area contributed by atoms with Crippen molar-refractivity contribution < 1.29 is 19.1 Å². The lowest BCUT2D eigenvalue weighted by Gasteiger charge is -2.22. The van der Waals surface area contributed by atoms with Crippen molar-refractivity contribution in [1.82, 2.24) is 0 Å². The molecule has 1 aromatic rings. The summed E-state index contributed by atoms with van der Waals surface area (Å²) in [5.41, 5.74) is 0.884. The first kappa shape index (κ1) is 15.5. The maximum absolute atomic E-state index is 12.0. The highest BCUT2D eigenvalue weighted by molar-refractivity contribution is 5.95. The lowest BCUT2D eigenvalue weighted by Crippen LogP contribution is -2.27. The highest BCUT2D eigenvalue weighted by atomic mass is 16.6. The Morgan fingerprint density at radius 2 is 2.00 bits per heavy atom. The Bertz CT molecular complexity index is 627. The van der Waals surface area contributed by atoms with E-state index in [0.717, 1.165) is 31.0 Å². The maximum atomic E-state index is 12.0. The highest BCUT2D eigenvalue weighted by Crippen LogP contribution is 2.45. The number of benzene rings is 1. The van der Waals surface area contributed by atoms with Gasteiger partial charge in [-0.3, -0.25) is 4.79 Å². The molecule has 2 bridgehead atoms. The molecule has 3 fully saturated rings. The third-order valence-electron chi connectivity index (χ3n) is 5.53. The SMILES string of the molecule is O=C(COc1ccc(N2CCCC2=O)cc1)OC1CC2CCC1C2. The third-order valence-corrected chi connectivity index (χ3v) is 5.53. The molecule has 4 rings (SSSR count). The lowest BCUT2D eigenvalue weighted by molar-refractivity contribution is -0.153. The fourth-order valence-corrected chi connectivity index (χ4v) is 4.32. The van der Waals surface area contributed by atoms with Crippen LogP contribution in [0.1, 0.15) is 38.5 Å². The molecule has 0 radical (unpaired) electrons. The van der Waals surface area contributed by atoms with Crippen molar-refractivity contribution in [2.45, 2.75) is 44.6 Å². The first-order chi connectivity index (χ1) is 11.7. The van der Waals surface area contributed by atoms with Gasteiger partial charge in [-0.25, -0.2) is 4.79 Å². The standard InChI is InChI=1S/C19H23NO4/c21-18-2-1-9-20(18)15-5-7-16(8-6-15)23-12-19(22)24-17-11-13-3-4-14(17)10-13/h5-8,13-14,17H,1-4,9-12H2. The number of hydrogen-bond donors (Lipinski definition) is 0. The molecule has 1 saturated heterocycles. The van der Waals surface area contributed by atoms with Crippen LogP contribution in [0.25, 0.3) is 0 Å². The second-order valence-corrected chi connectivity index (χ2v) is 7.13. The van der Waals surface area contributed by atoms with Gasteiger partial charge in [0.2, 0.25) is 5.91 Å². The fraction of sp³-hybridized carbons (Fsp3) is 0.579. The van der Waals surface area contributed by atoms with Gasteiger partial charge in [-0.1, -0.05) is 0 Å². The fourth-order valence-electron chi connectivity index (χ4n) is 4.32. The van der Waals surface area contributed by atoms with E-state index in [-0.39, 0.29) is 24.6 Å². The molecule has 5 heteroatoms. The van der Waals surface area contributed by atoms with Gasteiger partial charge in [0.05, 0.1) is 0 Å². The van der Waals surface area contributed by atoms with Crippen molar-refractivity contribution in [3.8, 4) is 5.75 Å². The third kappa shape index (κ3) is 3.12. The molecule has 2 saturated carbocycles. The minimum absolute atomic E-state index is 0.0596. The van der Waals surface area contributed by atoms with Gasteiger partial charge in [-0.05, 0) is 68.2 Å². The Kier molecular flexibility index (Phi) is 4.17. The van der Waals surface area contributed by atoms with E-state index in [1.165, 1.54) is 19.3 Å². The Labute approximate surface area is 141 Å². The Hall–Kier alpha value is -2.04. The predicted molar refractivity (Wildman–Crippen MR) is 88.9 cm³/mol. The molecular weight excluding hydrogens is 306 g/mol. The molecule has 5 nitrogen and oxygen atoms in total. The molecule has 128 valence electrons. The van der Waals surface area contributed by atoms with Crippen LogP contribution in [-0.2, 0) is 14.3 Å². The molecular formula is C19H23NO4. The molecule has 3 atom stereocenters. The monoisotopic (exact) mass is 329 g/mol. The van der Waals surface area contributed by atoms with Gasteiger partial charge in [0.15, 0.2) is 6.61 Å². The smallest absolute Gasteiger partial charge is 0.344 e. The van der Waals surface area contributed by atoms with Gasteiger partial charge in [0, 0.05) is 18.7 Å². The average Bonchev–Trinajstić information content (AvgIpc) is 3.30. The minimum Gasteiger partial charge on any atom is -0.482 e. The van der Waals surface area contributed by atoms with E-state index in [4.69, 9.17) is 9.47 Å². The van der Waals surface area contributed by atoms with Crippen LogP contribution in [-0.4, -0.2) is 31.1 Å². The first-order valence-corrected chi connectivity index (χ1v) is 8.92. The largest absolute Gasteiger partial charge is 0.482 e. The average molecular weight is 329 g/mol. The quantitative estimate of drug-likeness (QED) is 0.780. The summed E-state index contributed by atoms with van der Waals surface area (Å²) >= 11 is 0. The molecule has 24 heavy (non-hydrogen) atoms. The molecule has 3 unspecified atom stereocenters. The van der Waals surface area contributed by atoms with Crippen LogP contribution in [0.4, 0.5) is 5.69 Å². The summed E-state index contributed by atoms with van der Waals surface area (Å²) in [5, 5.41) is 0. The van der Waals surface area contributed by atoms with E-state index in [1.54, 1.807) is 17.0 Å². The minimum atomic E-state index is -0.286. The van der Waals surface area contributed by atoms with Gasteiger partial charge in [0.1, 0.15) is 11.9 Å². The maximum Gasteiger partial charge on any atom is 0.344 e. The molecule has 1 aliphatic heterocycles. The second-order valence-electron chi connectivity index (χ2n) is 7.13. The van der Waals surface area contributed by atoms with Gasteiger partial charge < -0.3 is 14.4 Å². The summed E-state index contributed by atoms with van der Waals surface area (Å²) in [7, 11) is 0. The van der Waals surface area contributed by atoms with Crippen LogP contribution in [0, 0.1) is 11.8 Å². The van der Waals surface area contributed by atoms with Crippen LogP contribution >= 0.6 is 0 Å². The number of fused-ring (bicyclic) bond motifs is 2. The zero-order valence-electron chi connectivity index (χ0n) is 13.8. The first-order valence-electron chi connectivity index (χ1n) is 8.92. The molecule has 1 heterocycles. The second kappa shape index (κ2) is 6.46. The van der Waals surface area contributed by atoms with Gasteiger partial charge >= 0.3 is 5.97 Å². The van der Waals surface area contributed by atoms with Crippen molar-refractivity contribution in [1.29, 1.82) is 0 Å². The summed E-state index contributed by atoms with van der Waals surface area (Å²) < 4.78 is 11.1. The van der Waals surface area contributed by atoms with E-state index < -0.39 is 0 Å². The van der Waals surface area contributed by atoms with Crippen molar-refractivity contribution >= 4 is 17.6 Å². The van der Waals surface area contributed by atoms with E-state index in [2.05, 4.69) is 0 Å². The van der Waals surface area contributed by atoms with Crippen LogP contribution in [0.3, 0.4) is 0 Å². The van der Waals surface area contributed by atoms with Crippen LogP contribution in [0.5, 0.6) is 5.75 Å². The molecule has 0 aromatic heterocycles. The zero-order chi connectivity index (χ0) is 16.5. The molecule has 3 aliphatic rings. The molecule has 0 spiro atoms. The number of carbonyl (C=O) groups excluding carboxylic acids is 2. The summed E-state index contributed by atoms with van der Waals surface area (Å²) in [6.07, 6.45) is 6.36.